The minimum Gasteiger partial charge on any atom is -0.381 e. The van der Waals surface area contributed by atoms with Gasteiger partial charge in [0.25, 0.3) is 0 Å². The van der Waals surface area contributed by atoms with Gasteiger partial charge in [0.2, 0.25) is 0 Å². The standard InChI is InChI=1S/C10H22N2O/c1-9(2-4-11)6-12-7-10-3-5-13-8-10/h9-10,12H,2-8,11H2,1H3. The molecule has 3 heteroatoms. The fourth-order valence-corrected chi connectivity index (χ4v) is 1.66. The molecular formula is C10H22N2O. The molecule has 2 atom stereocenters. The smallest absolute Gasteiger partial charge is 0.0507 e. The molecule has 78 valence electrons. The first-order valence-electron chi connectivity index (χ1n) is 5.31. The van der Waals surface area contributed by atoms with Crippen LogP contribution in [0.15, 0.2) is 0 Å². The molecule has 1 saturated heterocycles. The van der Waals surface area contributed by atoms with E-state index in [-0.39, 0.29) is 0 Å². The summed E-state index contributed by atoms with van der Waals surface area (Å²) in [6, 6.07) is 0. The zero-order chi connectivity index (χ0) is 9.52. The van der Waals surface area contributed by atoms with Crippen molar-refractivity contribution in [2.24, 2.45) is 17.6 Å². The van der Waals surface area contributed by atoms with E-state index in [1.54, 1.807) is 0 Å². The van der Waals surface area contributed by atoms with E-state index in [1.807, 2.05) is 0 Å². The molecule has 1 aliphatic rings. The minimum absolute atomic E-state index is 0.701. The normalized spacial score (nSPS) is 24.9. The summed E-state index contributed by atoms with van der Waals surface area (Å²) in [6.45, 7) is 7.13. The van der Waals surface area contributed by atoms with Crippen molar-refractivity contribution >= 4 is 0 Å². The summed E-state index contributed by atoms with van der Waals surface area (Å²) in [7, 11) is 0. The molecular weight excluding hydrogens is 164 g/mol. The Hall–Kier alpha value is -0.120. The maximum Gasteiger partial charge on any atom is 0.0507 e. The Balaban J connectivity index is 1.93. The van der Waals surface area contributed by atoms with E-state index in [0.29, 0.717) is 5.92 Å². The molecule has 0 aromatic rings. The highest BCUT2D eigenvalue weighted by atomic mass is 16.5. The zero-order valence-electron chi connectivity index (χ0n) is 8.59. The Morgan fingerprint density at radius 3 is 3.08 bits per heavy atom. The maximum absolute atomic E-state index is 5.48. The van der Waals surface area contributed by atoms with Crippen LogP contribution in [-0.4, -0.2) is 32.8 Å². The quantitative estimate of drug-likeness (QED) is 0.638. The molecule has 3 N–H and O–H groups in total. The van der Waals surface area contributed by atoms with Crippen LogP contribution in [0.2, 0.25) is 0 Å². The molecule has 1 rings (SSSR count). The number of nitrogens with two attached hydrogens (primary N) is 1. The number of rotatable bonds is 6. The zero-order valence-corrected chi connectivity index (χ0v) is 8.59. The first-order chi connectivity index (χ1) is 6.33. The average Bonchev–Trinajstić information content (AvgIpc) is 2.57. The van der Waals surface area contributed by atoms with Crippen molar-refractivity contribution in [2.45, 2.75) is 19.8 Å². The lowest BCUT2D eigenvalue weighted by atomic mass is 10.1. The molecule has 0 radical (unpaired) electrons. The second-order valence-corrected chi connectivity index (χ2v) is 4.07. The van der Waals surface area contributed by atoms with Gasteiger partial charge in [-0.1, -0.05) is 6.92 Å². The molecule has 0 bridgehead atoms. The molecule has 0 aliphatic carbocycles. The van der Waals surface area contributed by atoms with Crippen LogP contribution in [0, 0.1) is 11.8 Å². The first-order valence-corrected chi connectivity index (χ1v) is 5.31. The lowest BCUT2D eigenvalue weighted by Crippen LogP contribution is -2.28. The van der Waals surface area contributed by atoms with Crippen LogP contribution >= 0.6 is 0 Å². The van der Waals surface area contributed by atoms with E-state index < -0.39 is 0 Å². The molecule has 0 saturated carbocycles. The Morgan fingerprint density at radius 1 is 1.62 bits per heavy atom. The van der Waals surface area contributed by atoms with Crippen LogP contribution in [0.25, 0.3) is 0 Å². The topological polar surface area (TPSA) is 47.3 Å². The van der Waals surface area contributed by atoms with E-state index in [9.17, 15) is 0 Å². The van der Waals surface area contributed by atoms with Gasteiger partial charge in [-0.2, -0.15) is 0 Å². The van der Waals surface area contributed by atoms with Crippen LogP contribution < -0.4 is 11.1 Å². The summed E-state index contributed by atoms with van der Waals surface area (Å²) in [4.78, 5) is 0. The second-order valence-electron chi connectivity index (χ2n) is 4.07. The molecule has 3 nitrogen and oxygen atoms in total. The van der Waals surface area contributed by atoms with Gasteiger partial charge in [-0.15, -0.1) is 0 Å². The van der Waals surface area contributed by atoms with Crippen LogP contribution in [-0.2, 0) is 4.74 Å². The van der Waals surface area contributed by atoms with Crippen molar-refractivity contribution in [1.29, 1.82) is 0 Å². The predicted octanol–water partition coefficient (Wildman–Crippen LogP) is 0.597. The van der Waals surface area contributed by atoms with Gasteiger partial charge < -0.3 is 15.8 Å². The summed E-state index contributed by atoms with van der Waals surface area (Å²) in [6.07, 6.45) is 2.34. The minimum atomic E-state index is 0.701. The van der Waals surface area contributed by atoms with Crippen molar-refractivity contribution < 1.29 is 4.74 Å². The summed E-state index contributed by atoms with van der Waals surface area (Å²) in [5.74, 6) is 1.44. The van der Waals surface area contributed by atoms with Crippen LogP contribution in [0.4, 0.5) is 0 Å². The van der Waals surface area contributed by atoms with Gasteiger partial charge in [0.1, 0.15) is 0 Å². The van der Waals surface area contributed by atoms with Crippen molar-refractivity contribution in [3.8, 4) is 0 Å². The lowest BCUT2D eigenvalue weighted by Gasteiger charge is -2.13. The van der Waals surface area contributed by atoms with E-state index >= 15 is 0 Å². The summed E-state index contributed by atoms with van der Waals surface area (Å²) >= 11 is 0. The highest BCUT2D eigenvalue weighted by Gasteiger charge is 2.14. The van der Waals surface area contributed by atoms with Crippen molar-refractivity contribution in [3.63, 3.8) is 0 Å². The van der Waals surface area contributed by atoms with E-state index in [4.69, 9.17) is 10.5 Å². The Bertz CT molecular complexity index is 124. The number of hydrogen-bond acceptors (Lipinski definition) is 3. The highest BCUT2D eigenvalue weighted by molar-refractivity contribution is 4.67. The Morgan fingerprint density at radius 2 is 2.46 bits per heavy atom. The molecule has 13 heavy (non-hydrogen) atoms. The van der Waals surface area contributed by atoms with Crippen LogP contribution in [0.3, 0.4) is 0 Å². The molecule has 0 spiro atoms. The number of hydrogen-bond donors (Lipinski definition) is 2. The maximum atomic E-state index is 5.48. The third-order valence-corrected chi connectivity index (χ3v) is 2.61. The second kappa shape index (κ2) is 6.35. The average molecular weight is 186 g/mol. The number of nitrogens with one attached hydrogen (secondary N) is 1. The predicted molar refractivity (Wildman–Crippen MR) is 54.6 cm³/mol. The molecule has 1 heterocycles. The van der Waals surface area contributed by atoms with E-state index in [0.717, 1.165) is 45.2 Å². The van der Waals surface area contributed by atoms with Gasteiger partial charge in [0, 0.05) is 13.2 Å². The lowest BCUT2D eigenvalue weighted by molar-refractivity contribution is 0.185. The van der Waals surface area contributed by atoms with Gasteiger partial charge in [0.05, 0.1) is 6.61 Å². The third-order valence-electron chi connectivity index (χ3n) is 2.61. The summed E-state index contributed by atoms with van der Waals surface area (Å²) in [5, 5.41) is 3.48. The Kier molecular flexibility index (Phi) is 5.35. The van der Waals surface area contributed by atoms with Gasteiger partial charge in [-0.05, 0) is 37.8 Å². The van der Waals surface area contributed by atoms with Crippen molar-refractivity contribution in [1.82, 2.24) is 5.32 Å². The largest absolute Gasteiger partial charge is 0.381 e. The summed E-state index contributed by atoms with van der Waals surface area (Å²) in [5.41, 5.74) is 5.48. The van der Waals surface area contributed by atoms with Crippen LogP contribution in [0.1, 0.15) is 19.8 Å². The Labute approximate surface area is 81.0 Å². The van der Waals surface area contributed by atoms with E-state index in [2.05, 4.69) is 12.2 Å². The molecule has 0 aromatic carbocycles. The fourth-order valence-electron chi connectivity index (χ4n) is 1.66. The highest BCUT2D eigenvalue weighted by Crippen LogP contribution is 2.10. The van der Waals surface area contributed by atoms with Crippen molar-refractivity contribution in [3.05, 3.63) is 0 Å². The van der Waals surface area contributed by atoms with Crippen molar-refractivity contribution in [2.75, 3.05) is 32.8 Å². The van der Waals surface area contributed by atoms with Crippen LogP contribution in [0.5, 0.6) is 0 Å². The summed E-state index contributed by atoms with van der Waals surface area (Å²) < 4.78 is 5.30. The van der Waals surface area contributed by atoms with E-state index in [1.165, 1.54) is 6.42 Å². The SMILES string of the molecule is CC(CCN)CNCC1CCOC1. The third kappa shape index (κ3) is 4.60. The van der Waals surface area contributed by atoms with Gasteiger partial charge >= 0.3 is 0 Å². The van der Waals surface area contributed by atoms with Gasteiger partial charge in [0.15, 0.2) is 0 Å². The fraction of sp³-hybridized carbons (Fsp3) is 1.00. The molecule has 2 unspecified atom stereocenters. The number of ether oxygens (including phenoxy) is 1. The monoisotopic (exact) mass is 186 g/mol. The van der Waals surface area contributed by atoms with Gasteiger partial charge in [-0.3, -0.25) is 0 Å². The molecule has 0 aromatic heterocycles. The molecule has 1 fully saturated rings. The van der Waals surface area contributed by atoms with Gasteiger partial charge in [-0.25, -0.2) is 0 Å². The molecule has 0 amide bonds. The first kappa shape index (κ1) is 11.0. The molecule has 1 aliphatic heterocycles.